The summed E-state index contributed by atoms with van der Waals surface area (Å²) in [6.45, 7) is 4.24. The molecule has 0 aromatic carbocycles. The monoisotopic (exact) mass is 302 g/mol. The van der Waals surface area contributed by atoms with Gasteiger partial charge in [-0.25, -0.2) is 9.97 Å². The van der Waals surface area contributed by atoms with Crippen molar-refractivity contribution in [1.82, 2.24) is 20.3 Å². The van der Waals surface area contributed by atoms with E-state index in [9.17, 15) is 0 Å². The van der Waals surface area contributed by atoms with Gasteiger partial charge in [-0.2, -0.15) is 0 Å². The van der Waals surface area contributed by atoms with Gasteiger partial charge in [-0.1, -0.05) is 18.5 Å². The maximum absolute atomic E-state index is 6.17. The Morgan fingerprint density at radius 2 is 2.29 bits per heavy atom. The van der Waals surface area contributed by atoms with E-state index in [4.69, 9.17) is 11.6 Å². The molecule has 0 saturated carbocycles. The van der Waals surface area contributed by atoms with Crippen molar-refractivity contribution in [2.75, 3.05) is 13.1 Å². The summed E-state index contributed by atoms with van der Waals surface area (Å²) < 4.78 is 0. The number of nitrogens with zero attached hydrogens (tertiary/aromatic N) is 3. The second-order valence-corrected chi connectivity index (χ2v) is 5.82. The third-order valence-corrected chi connectivity index (χ3v) is 4.21. The van der Waals surface area contributed by atoms with Crippen molar-refractivity contribution in [1.29, 1.82) is 0 Å². The van der Waals surface area contributed by atoms with Crippen LogP contribution < -0.4 is 5.32 Å². The molecule has 1 aliphatic rings. The van der Waals surface area contributed by atoms with Gasteiger partial charge in [0.05, 0.1) is 5.02 Å². The molecule has 0 amide bonds. The maximum atomic E-state index is 6.17. The summed E-state index contributed by atoms with van der Waals surface area (Å²) in [5, 5.41) is 4.02. The van der Waals surface area contributed by atoms with E-state index in [1.165, 1.54) is 12.0 Å². The fourth-order valence-electron chi connectivity index (χ4n) is 2.77. The zero-order chi connectivity index (χ0) is 14.7. The number of rotatable bonds is 4. The molecule has 3 rings (SSSR count). The lowest BCUT2D eigenvalue weighted by atomic mass is 9.87. The summed E-state index contributed by atoms with van der Waals surface area (Å²) in [6, 6.07) is 3.63. The highest BCUT2D eigenvalue weighted by Crippen LogP contribution is 2.27. The number of pyridine rings is 1. The van der Waals surface area contributed by atoms with Gasteiger partial charge in [-0.05, 0) is 56.0 Å². The van der Waals surface area contributed by atoms with Crippen molar-refractivity contribution in [2.24, 2.45) is 5.92 Å². The first kappa shape index (κ1) is 14.4. The summed E-state index contributed by atoms with van der Waals surface area (Å²) in [5.41, 5.74) is 3.08. The van der Waals surface area contributed by atoms with Crippen molar-refractivity contribution in [3.63, 3.8) is 0 Å². The number of aryl methyl sites for hydroxylation is 1. The van der Waals surface area contributed by atoms with E-state index in [0.717, 1.165) is 31.6 Å². The molecule has 110 valence electrons. The van der Waals surface area contributed by atoms with Gasteiger partial charge in [-0.15, -0.1) is 0 Å². The minimum Gasteiger partial charge on any atom is -0.317 e. The van der Waals surface area contributed by atoms with Gasteiger partial charge in [0.25, 0.3) is 0 Å². The molecule has 2 aromatic rings. The summed E-state index contributed by atoms with van der Waals surface area (Å²) >= 11 is 6.17. The molecular formula is C16H19ClN4. The van der Waals surface area contributed by atoms with Crippen molar-refractivity contribution in [3.8, 4) is 11.5 Å². The lowest BCUT2D eigenvalue weighted by molar-refractivity contribution is 0.424. The highest BCUT2D eigenvalue weighted by atomic mass is 35.5. The first-order chi connectivity index (χ1) is 10.3. The lowest BCUT2D eigenvalue weighted by Crippen LogP contribution is -2.27. The zero-order valence-electron chi connectivity index (χ0n) is 12.1. The molecule has 1 aliphatic carbocycles. The van der Waals surface area contributed by atoms with Gasteiger partial charge in [0.1, 0.15) is 5.69 Å². The Morgan fingerprint density at radius 1 is 1.38 bits per heavy atom. The molecule has 0 bridgehead atoms. The average Bonchev–Trinajstić information content (AvgIpc) is 2.53. The molecular weight excluding hydrogens is 284 g/mol. The number of hydrogen-bond donors (Lipinski definition) is 1. The first-order valence-corrected chi connectivity index (χ1v) is 7.82. The third-order valence-electron chi connectivity index (χ3n) is 3.91. The molecule has 0 radical (unpaired) electrons. The highest BCUT2D eigenvalue weighted by molar-refractivity contribution is 6.32. The van der Waals surface area contributed by atoms with Gasteiger partial charge in [-0.3, -0.25) is 4.98 Å². The first-order valence-electron chi connectivity index (χ1n) is 7.44. The molecule has 0 saturated heterocycles. The largest absolute Gasteiger partial charge is 0.317 e. The lowest BCUT2D eigenvalue weighted by Gasteiger charge is -2.24. The van der Waals surface area contributed by atoms with E-state index in [2.05, 4.69) is 27.2 Å². The normalized spacial score (nSPS) is 17.5. The van der Waals surface area contributed by atoms with Crippen LogP contribution >= 0.6 is 11.6 Å². The fourth-order valence-corrected chi connectivity index (χ4v) is 2.98. The number of nitrogens with one attached hydrogen (secondary N) is 1. The molecule has 0 spiro atoms. The standard InChI is InChI=1S/C16H19ClN4/c1-2-18-9-11-5-6-14-12(8-11)10-20-16(21-14)15-13(17)4-3-7-19-15/h3-4,7,10-11,18H,2,5-6,8-9H2,1H3. The molecule has 0 aliphatic heterocycles. The van der Waals surface area contributed by atoms with Crippen molar-refractivity contribution < 1.29 is 0 Å². The topological polar surface area (TPSA) is 50.7 Å². The molecule has 0 fully saturated rings. The average molecular weight is 303 g/mol. The fraction of sp³-hybridized carbons (Fsp3) is 0.438. The van der Waals surface area contributed by atoms with Crippen molar-refractivity contribution >= 4 is 11.6 Å². The summed E-state index contributed by atoms with van der Waals surface area (Å²) in [4.78, 5) is 13.4. The maximum Gasteiger partial charge on any atom is 0.179 e. The van der Waals surface area contributed by atoms with E-state index in [0.29, 0.717) is 22.5 Å². The van der Waals surface area contributed by atoms with E-state index in [1.807, 2.05) is 18.3 Å². The predicted molar refractivity (Wildman–Crippen MR) is 84.3 cm³/mol. The van der Waals surface area contributed by atoms with Crippen molar-refractivity contribution in [3.05, 3.63) is 40.8 Å². The van der Waals surface area contributed by atoms with Gasteiger partial charge in [0.2, 0.25) is 0 Å². The van der Waals surface area contributed by atoms with E-state index in [1.54, 1.807) is 6.20 Å². The smallest absolute Gasteiger partial charge is 0.179 e. The molecule has 21 heavy (non-hydrogen) atoms. The predicted octanol–water partition coefficient (Wildman–Crippen LogP) is 2.91. The van der Waals surface area contributed by atoms with Crippen LogP contribution in [0.1, 0.15) is 24.6 Å². The van der Waals surface area contributed by atoms with Crippen LogP contribution in [0, 0.1) is 5.92 Å². The van der Waals surface area contributed by atoms with Crippen molar-refractivity contribution in [2.45, 2.75) is 26.2 Å². The van der Waals surface area contributed by atoms with Gasteiger partial charge >= 0.3 is 0 Å². The number of aromatic nitrogens is 3. The Morgan fingerprint density at radius 3 is 3.10 bits per heavy atom. The number of halogens is 1. The molecule has 2 heterocycles. The minimum atomic E-state index is 0.596. The Hall–Kier alpha value is -1.52. The van der Waals surface area contributed by atoms with Crippen LogP contribution in [-0.2, 0) is 12.8 Å². The van der Waals surface area contributed by atoms with E-state index < -0.39 is 0 Å². The molecule has 5 heteroatoms. The number of hydrogen-bond acceptors (Lipinski definition) is 4. The second-order valence-electron chi connectivity index (χ2n) is 5.42. The van der Waals surface area contributed by atoms with Crippen LogP contribution in [0.4, 0.5) is 0 Å². The Bertz CT molecular complexity index is 629. The van der Waals surface area contributed by atoms with E-state index in [-0.39, 0.29) is 0 Å². The Balaban J connectivity index is 1.82. The van der Waals surface area contributed by atoms with Crippen LogP contribution in [0.15, 0.2) is 24.5 Å². The summed E-state index contributed by atoms with van der Waals surface area (Å²) in [6.07, 6.45) is 6.90. The van der Waals surface area contributed by atoms with Crippen LogP contribution in [0.5, 0.6) is 0 Å². The SMILES string of the molecule is CCNCC1CCc2nc(-c3ncccc3Cl)ncc2C1. The van der Waals surface area contributed by atoms with E-state index >= 15 is 0 Å². The van der Waals surface area contributed by atoms with Gasteiger partial charge < -0.3 is 5.32 Å². The molecule has 1 unspecified atom stereocenters. The quantitative estimate of drug-likeness (QED) is 0.943. The van der Waals surface area contributed by atoms with Crippen LogP contribution in [-0.4, -0.2) is 28.0 Å². The molecule has 1 N–H and O–H groups in total. The Kier molecular flexibility index (Phi) is 4.46. The van der Waals surface area contributed by atoms with Crippen LogP contribution in [0.2, 0.25) is 5.02 Å². The summed E-state index contributed by atoms with van der Waals surface area (Å²) in [7, 11) is 0. The molecule has 1 atom stereocenters. The molecule has 2 aromatic heterocycles. The van der Waals surface area contributed by atoms with Gasteiger partial charge in [0, 0.05) is 18.1 Å². The minimum absolute atomic E-state index is 0.596. The highest BCUT2D eigenvalue weighted by Gasteiger charge is 2.21. The zero-order valence-corrected chi connectivity index (χ0v) is 12.9. The van der Waals surface area contributed by atoms with Gasteiger partial charge in [0.15, 0.2) is 5.82 Å². The second kappa shape index (κ2) is 6.50. The van der Waals surface area contributed by atoms with Crippen LogP contribution in [0.25, 0.3) is 11.5 Å². The Labute approximate surface area is 130 Å². The molecule has 4 nitrogen and oxygen atoms in total. The number of fused-ring (bicyclic) bond motifs is 1. The summed E-state index contributed by atoms with van der Waals surface area (Å²) in [5.74, 6) is 1.31. The third kappa shape index (κ3) is 3.22. The van der Waals surface area contributed by atoms with Crippen LogP contribution in [0.3, 0.4) is 0 Å².